The summed E-state index contributed by atoms with van der Waals surface area (Å²) in [5, 5.41) is 0. The normalized spacial score (nSPS) is 15.4. The van der Waals surface area contributed by atoms with Crippen molar-refractivity contribution in [3.63, 3.8) is 0 Å². The number of nitrogens with zero attached hydrogens (tertiary/aromatic N) is 4. The maximum atomic E-state index is 6.04. The van der Waals surface area contributed by atoms with Crippen LogP contribution in [0.2, 0.25) is 0 Å². The highest BCUT2D eigenvalue weighted by Crippen LogP contribution is 2.23. The minimum Gasteiger partial charge on any atom is -0.396 e. The average Bonchev–Trinajstić information content (AvgIpc) is 2.51. The lowest BCUT2D eigenvalue weighted by Crippen LogP contribution is -2.47. The third-order valence-electron chi connectivity index (χ3n) is 3.60. The van der Waals surface area contributed by atoms with Crippen LogP contribution in [0.1, 0.15) is 5.69 Å². The zero-order chi connectivity index (χ0) is 13.9. The topological polar surface area (TPSA) is 58.3 Å². The molecule has 0 aliphatic carbocycles. The molecule has 2 N–H and O–H groups in total. The number of nitrogens with two attached hydrogens (primary N) is 1. The zero-order valence-corrected chi connectivity index (χ0v) is 11.7. The molecule has 1 fully saturated rings. The lowest BCUT2D eigenvalue weighted by atomic mass is 10.2. The van der Waals surface area contributed by atoms with Crippen LogP contribution < -0.4 is 15.5 Å². The molecule has 3 rings (SSSR count). The maximum absolute atomic E-state index is 6.04. The van der Waals surface area contributed by atoms with Crippen molar-refractivity contribution in [1.82, 2.24) is 9.97 Å². The molecule has 3 heterocycles. The molecular formula is C15H19N5. The van der Waals surface area contributed by atoms with Gasteiger partial charge in [0, 0.05) is 38.1 Å². The Kier molecular flexibility index (Phi) is 3.41. The van der Waals surface area contributed by atoms with Gasteiger partial charge in [-0.1, -0.05) is 6.07 Å². The first-order chi connectivity index (χ1) is 9.74. The fourth-order valence-corrected chi connectivity index (χ4v) is 2.50. The molecule has 0 unspecified atom stereocenters. The highest BCUT2D eigenvalue weighted by atomic mass is 15.3. The monoisotopic (exact) mass is 269 g/mol. The summed E-state index contributed by atoms with van der Waals surface area (Å²) in [4.78, 5) is 13.5. The SMILES string of the molecule is Cc1ccc(N)c(N2CCN(c3ccccn3)CC2)n1. The quantitative estimate of drug-likeness (QED) is 0.899. The Bertz CT molecular complexity index is 576. The Morgan fingerprint density at radius 3 is 2.45 bits per heavy atom. The molecule has 104 valence electrons. The van der Waals surface area contributed by atoms with Crippen LogP contribution in [-0.4, -0.2) is 36.1 Å². The molecule has 0 bridgehead atoms. The average molecular weight is 269 g/mol. The molecule has 2 aromatic heterocycles. The van der Waals surface area contributed by atoms with E-state index in [4.69, 9.17) is 5.73 Å². The van der Waals surface area contributed by atoms with E-state index in [0.717, 1.165) is 49.2 Å². The van der Waals surface area contributed by atoms with Gasteiger partial charge in [0.15, 0.2) is 5.82 Å². The molecule has 0 saturated carbocycles. The molecular weight excluding hydrogens is 250 g/mol. The summed E-state index contributed by atoms with van der Waals surface area (Å²) in [5.41, 5.74) is 7.79. The number of aryl methyl sites for hydroxylation is 1. The first-order valence-corrected chi connectivity index (χ1v) is 6.88. The standard InChI is InChI=1S/C15H19N5/c1-12-5-6-13(16)15(18-12)20-10-8-19(9-11-20)14-4-2-3-7-17-14/h2-7H,8-11,16H2,1H3. The van der Waals surface area contributed by atoms with E-state index in [0.29, 0.717) is 0 Å². The summed E-state index contributed by atoms with van der Waals surface area (Å²) in [6.45, 7) is 5.69. The van der Waals surface area contributed by atoms with Crippen molar-refractivity contribution in [2.24, 2.45) is 0 Å². The molecule has 1 aliphatic rings. The Labute approximate surface area is 119 Å². The highest BCUT2D eigenvalue weighted by Gasteiger charge is 2.20. The van der Waals surface area contributed by atoms with Gasteiger partial charge in [-0.05, 0) is 31.2 Å². The van der Waals surface area contributed by atoms with E-state index < -0.39 is 0 Å². The van der Waals surface area contributed by atoms with Crippen LogP contribution in [0.3, 0.4) is 0 Å². The van der Waals surface area contributed by atoms with Gasteiger partial charge in [0.1, 0.15) is 5.82 Å². The van der Waals surface area contributed by atoms with E-state index in [1.807, 2.05) is 37.4 Å². The minimum atomic E-state index is 0.752. The van der Waals surface area contributed by atoms with Gasteiger partial charge in [0.25, 0.3) is 0 Å². The first kappa shape index (κ1) is 12.7. The summed E-state index contributed by atoms with van der Waals surface area (Å²) in [5.74, 6) is 1.95. The third kappa shape index (κ3) is 2.52. The second kappa shape index (κ2) is 5.36. The van der Waals surface area contributed by atoms with E-state index in [9.17, 15) is 0 Å². The van der Waals surface area contributed by atoms with Crippen molar-refractivity contribution in [2.45, 2.75) is 6.92 Å². The summed E-state index contributed by atoms with van der Waals surface area (Å²) < 4.78 is 0. The maximum Gasteiger partial charge on any atom is 0.152 e. The second-order valence-electron chi connectivity index (χ2n) is 5.03. The van der Waals surface area contributed by atoms with Crippen molar-refractivity contribution in [3.05, 3.63) is 42.2 Å². The number of aromatic nitrogens is 2. The predicted octanol–water partition coefficient (Wildman–Crippen LogP) is 1.69. The lowest BCUT2D eigenvalue weighted by molar-refractivity contribution is 0.642. The Balaban J connectivity index is 1.71. The van der Waals surface area contributed by atoms with Gasteiger partial charge in [0.05, 0.1) is 5.69 Å². The molecule has 1 aliphatic heterocycles. The summed E-state index contributed by atoms with van der Waals surface area (Å²) >= 11 is 0. The van der Waals surface area contributed by atoms with Gasteiger partial charge < -0.3 is 15.5 Å². The molecule has 5 nitrogen and oxygen atoms in total. The zero-order valence-electron chi connectivity index (χ0n) is 11.7. The number of hydrogen-bond acceptors (Lipinski definition) is 5. The van der Waals surface area contributed by atoms with Crippen LogP contribution in [-0.2, 0) is 0 Å². The number of anilines is 3. The van der Waals surface area contributed by atoms with Gasteiger partial charge in [-0.25, -0.2) is 9.97 Å². The molecule has 2 aromatic rings. The molecule has 0 atom stereocenters. The van der Waals surface area contributed by atoms with Crippen LogP contribution in [0, 0.1) is 6.92 Å². The molecule has 20 heavy (non-hydrogen) atoms. The van der Waals surface area contributed by atoms with Crippen LogP contribution in [0.15, 0.2) is 36.5 Å². The third-order valence-corrected chi connectivity index (χ3v) is 3.60. The highest BCUT2D eigenvalue weighted by molar-refractivity contribution is 5.63. The van der Waals surface area contributed by atoms with E-state index in [1.165, 1.54) is 0 Å². The van der Waals surface area contributed by atoms with Gasteiger partial charge in [0.2, 0.25) is 0 Å². The summed E-state index contributed by atoms with van der Waals surface area (Å²) in [6.07, 6.45) is 1.84. The van der Waals surface area contributed by atoms with Crippen LogP contribution in [0.4, 0.5) is 17.3 Å². The smallest absolute Gasteiger partial charge is 0.152 e. The van der Waals surface area contributed by atoms with Crippen molar-refractivity contribution in [3.8, 4) is 0 Å². The number of rotatable bonds is 2. The Hall–Kier alpha value is -2.30. The predicted molar refractivity (Wildman–Crippen MR) is 82.0 cm³/mol. The van der Waals surface area contributed by atoms with Crippen molar-refractivity contribution < 1.29 is 0 Å². The van der Waals surface area contributed by atoms with Crippen LogP contribution in [0.25, 0.3) is 0 Å². The van der Waals surface area contributed by atoms with Gasteiger partial charge in [-0.2, -0.15) is 0 Å². The summed E-state index contributed by atoms with van der Waals surface area (Å²) in [7, 11) is 0. The lowest BCUT2D eigenvalue weighted by Gasteiger charge is -2.36. The number of hydrogen-bond donors (Lipinski definition) is 1. The largest absolute Gasteiger partial charge is 0.396 e. The van der Waals surface area contributed by atoms with Crippen LogP contribution in [0.5, 0.6) is 0 Å². The van der Waals surface area contributed by atoms with Gasteiger partial charge in [-0.15, -0.1) is 0 Å². The first-order valence-electron chi connectivity index (χ1n) is 6.88. The number of pyridine rings is 2. The molecule has 0 radical (unpaired) electrons. The van der Waals surface area contributed by atoms with Gasteiger partial charge >= 0.3 is 0 Å². The summed E-state index contributed by atoms with van der Waals surface area (Å²) in [6, 6.07) is 9.90. The molecule has 0 amide bonds. The van der Waals surface area contributed by atoms with Crippen molar-refractivity contribution >= 4 is 17.3 Å². The molecule has 1 saturated heterocycles. The van der Waals surface area contributed by atoms with Crippen LogP contribution >= 0.6 is 0 Å². The fourth-order valence-electron chi connectivity index (χ4n) is 2.50. The number of piperazine rings is 1. The van der Waals surface area contributed by atoms with E-state index in [-0.39, 0.29) is 0 Å². The van der Waals surface area contributed by atoms with E-state index in [2.05, 4.69) is 25.8 Å². The Morgan fingerprint density at radius 2 is 1.75 bits per heavy atom. The van der Waals surface area contributed by atoms with E-state index in [1.54, 1.807) is 0 Å². The fraction of sp³-hybridized carbons (Fsp3) is 0.333. The Morgan fingerprint density at radius 1 is 1.00 bits per heavy atom. The minimum absolute atomic E-state index is 0.752. The van der Waals surface area contributed by atoms with E-state index >= 15 is 0 Å². The molecule has 0 spiro atoms. The second-order valence-corrected chi connectivity index (χ2v) is 5.03. The van der Waals surface area contributed by atoms with Crippen molar-refractivity contribution in [2.75, 3.05) is 41.7 Å². The van der Waals surface area contributed by atoms with Gasteiger partial charge in [-0.3, -0.25) is 0 Å². The molecule has 5 heteroatoms. The number of nitrogen functional groups attached to an aromatic ring is 1. The van der Waals surface area contributed by atoms with Crippen molar-refractivity contribution in [1.29, 1.82) is 0 Å². The molecule has 0 aromatic carbocycles.